The van der Waals surface area contributed by atoms with Gasteiger partial charge in [-0.15, -0.1) is 21.5 Å². The van der Waals surface area contributed by atoms with Crippen molar-refractivity contribution in [1.29, 1.82) is 0 Å². The van der Waals surface area contributed by atoms with Crippen molar-refractivity contribution in [3.8, 4) is 10.7 Å². The van der Waals surface area contributed by atoms with Crippen LogP contribution in [0.15, 0.2) is 41.7 Å². The summed E-state index contributed by atoms with van der Waals surface area (Å²) in [6, 6.07) is 9.85. The molecule has 3 N–H and O–H groups in total. The molecular formula is C24H26N6O2S2. The van der Waals surface area contributed by atoms with Gasteiger partial charge in [-0.05, 0) is 62.1 Å². The van der Waals surface area contributed by atoms with E-state index < -0.39 is 0 Å². The van der Waals surface area contributed by atoms with Gasteiger partial charge in [-0.2, -0.15) is 0 Å². The normalized spacial score (nSPS) is 15.8. The maximum absolute atomic E-state index is 12.7. The Balaban J connectivity index is 1.39. The molecule has 1 amide bonds. The third-order valence-electron chi connectivity index (χ3n) is 5.67. The summed E-state index contributed by atoms with van der Waals surface area (Å²) in [5.41, 5.74) is 10.2. The van der Waals surface area contributed by atoms with Crippen molar-refractivity contribution in [3.63, 3.8) is 0 Å². The van der Waals surface area contributed by atoms with Gasteiger partial charge in [0.1, 0.15) is 4.83 Å². The van der Waals surface area contributed by atoms with Crippen LogP contribution in [0.5, 0.6) is 0 Å². The molecular weight excluding hydrogens is 468 g/mol. The largest absolute Gasteiger partial charge is 0.397 e. The molecule has 176 valence electrons. The Hall–Kier alpha value is -2.95. The predicted octanol–water partition coefficient (Wildman–Crippen LogP) is 4.66. The molecule has 0 spiro atoms. The molecule has 5 rings (SSSR count). The third kappa shape index (κ3) is 4.79. The van der Waals surface area contributed by atoms with E-state index in [4.69, 9.17) is 10.5 Å². The van der Waals surface area contributed by atoms with Crippen LogP contribution in [-0.4, -0.2) is 44.1 Å². The number of rotatable bonds is 7. The SMILES string of the molecule is Cc1cc(C)cc(NC(=O)CSc2nnc(-c3sc4ncccc4c3N)n2CC2CCCO2)c1. The molecule has 0 radical (unpaired) electrons. The fourth-order valence-corrected chi connectivity index (χ4v) is 6.02. The Kier molecular flexibility index (Phi) is 6.53. The Labute approximate surface area is 205 Å². The first kappa shape index (κ1) is 22.8. The van der Waals surface area contributed by atoms with Crippen LogP contribution in [0.3, 0.4) is 0 Å². The Morgan fingerprint density at radius 3 is 2.85 bits per heavy atom. The van der Waals surface area contributed by atoms with Crippen molar-refractivity contribution in [2.45, 2.75) is 44.5 Å². The molecule has 1 aliphatic rings. The maximum Gasteiger partial charge on any atom is 0.234 e. The van der Waals surface area contributed by atoms with Crippen LogP contribution < -0.4 is 11.1 Å². The summed E-state index contributed by atoms with van der Waals surface area (Å²) < 4.78 is 7.92. The number of nitrogens with one attached hydrogen (secondary N) is 1. The number of pyridine rings is 1. The summed E-state index contributed by atoms with van der Waals surface area (Å²) in [6.45, 7) is 5.41. The molecule has 0 bridgehead atoms. The Bertz CT molecular complexity index is 1320. The topological polar surface area (TPSA) is 108 Å². The number of aryl methyl sites for hydroxylation is 2. The number of amides is 1. The van der Waals surface area contributed by atoms with Gasteiger partial charge in [-0.25, -0.2) is 4.98 Å². The number of nitrogens with two attached hydrogens (primary N) is 1. The predicted molar refractivity (Wildman–Crippen MR) is 137 cm³/mol. The Morgan fingerprint density at radius 1 is 1.29 bits per heavy atom. The van der Waals surface area contributed by atoms with Gasteiger partial charge < -0.3 is 15.8 Å². The minimum atomic E-state index is -0.0891. The van der Waals surface area contributed by atoms with E-state index in [2.05, 4.69) is 26.6 Å². The summed E-state index contributed by atoms with van der Waals surface area (Å²) in [5.74, 6) is 0.821. The number of aromatic nitrogens is 4. The summed E-state index contributed by atoms with van der Waals surface area (Å²) >= 11 is 2.87. The molecule has 1 saturated heterocycles. The number of ether oxygens (including phenoxy) is 1. The molecule has 10 heteroatoms. The number of benzene rings is 1. The molecule has 1 unspecified atom stereocenters. The quantitative estimate of drug-likeness (QED) is 0.360. The highest BCUT2D eigenvalue weighted by atomic mass is 32.2. The van der Waals surface area contributed by atoms with E-state index in [0.717, 1.165) is 51.4 Å². The molecule has 1 fully saturated rings. The summed E-state index contributed by atoms with van der Waals surface area (Å²) in [5, 5.41) is 13.5. The van der Waals surface area contributed by atoms with Gasteiger partial charge in [-0.1, -0.05) is 17.8 Å². The second kappa shape index (κ2) is 9.73. The van der Waals surface area contributed by atoms with Gasteiger partial charge in [-0.3, -0.25) is 9.36 Å². The zero-order chi connectivity index (χ0) is 23.7. The zero-order valence-electron chi connectivity index (χ0n) is 19.1. The van der Waals surface area contributed by atoms with Crippen LogP contribution in [0, 0.1) is 13.8 Å². The average Bonchev–Trinajstić information content (AvgIpc) is 3.52. The van der Waals surface area contributed by atoms with Gasteiger partial charge in [0.2, 0.25) is 5.91 Å². The average molecular weight is 495 g/mol. The lowest BCUT2D eigenvalue weighted by Gasteiger charge is -2.14. The fraction of sp³-hybridized carbons (Fsp3) is 0.333. The van der Waals surface area contributed by atoms with E-state index in [1.54, 1.807) is 6.20 Å². The molecule has 1 aromatic carbocycles. The second-order valence-electron chi connectivity index (χ2n) is 8.47. The van der Waals surface area contributed by atoms with Crippen molar-refractivity contribution in [2.24, 2.45) is 0 Å². The zero-order valence-corrected chi connectivity index (χ0v) is 20.7. The molecule has 1 atom stereocenters. The Morgan fingerprint density at radius 2 is 2.12 bits per heavy atom. The van der Waals surface area contributed by atoms with Gasteiger partial charge in [0.05, 0.1) is 29.0 Å². The number of anilines is 2. The molecule has 0 aliphatic carbocycles. The van der Waals surface area contributed by atoms with E-state index in [9.17, 15) is 4.79 Å². The molecule has 1 aliphatic heterocycles. The van der Waals surface area contributed by atoms with Crippen LogP contribution in [0.4, 0.5) is 11.4 Å². The minimum Gasteiger partial charge on any atom is -0.397 e. The smallest absolute Gasteiger partial charge is 0.234 e. The highest BCUT2D eigenvalue weighted by Gasteiger charge is 2.25. The number of carbonyl (C=O) groups is 1. The van der Waals surface area contributed by atoms with Crippen molar-refractivity contribution >= 4 is 50.6 Å². The first-order valence-electron chi connectivity index (χ1n) is 11.2. The van der Waals surface area contributed by atoms with E-state index in [1.165, 1.54) is 23.1 Å². The van der Waals surface area contributed by atoms with Crippen molar-refractivity contribution < 1.29 is 9.53 Å². The van der Waals surface area contributed by atoms with Gasteiger partial charge in [0.25, 0.3) is 0 Å². The van der Waals surface area contributed by atoms with E-state index in [0.29, 0.717) is 23.2 Å². The van der Waals surface area contributed by atoms with Crippen molar-refractivity contribution in [1.82, 2.24) is 19.7 Å². The van der Waals surface area contributed by atoms with Crippen LogP contribution in [-0.2, 0) is 16.1 Å². The highest BCUT2D eigenvalue weighted by Crippen LogP contribution is 2.40. The van der Waals surface area contributed by atoms with E-state index in [-0.39, 0.29) is 17.8 Å². The monoisotopic (exact) mass is 494 g/mol. The van der Waals surface area contributed by atoms with E-state index in [1.807, 2.05) is 42.7 Å². The highest BCUT2D eigenvalue weighted by molar-refractivity contribution is 7.99. The summed E-state index contributed by atoms with van der Waals surface area (Å²) in [7, 11) is 0. The molecule has 34 heavy (non-hydrogen) atoms. The van der Waals surface area contributed by atoms with Crippen LogP contribution >= 0.6 is 23.1 Å². The second-order valence-corrected chi connectivity index (χ2v) is 10.4. The van der Waals surface area contributed by atoms with Gasteiger partial charge >= 0.3 is 0 Å². The lowest BCUT2D eigenvalue weighted by Crippen LogP contribution is -2.18. The number of nitrogen functional groups attached to an aromatic ring is 1. The summed E-state index contributed by atoms with van der Waals surface area (Å²) in [4.78, 5) is 18.8. The number of fused-ring (bicyclic) bond motifs is 1. The number of hydrogen-bond acceptors (Lipinski definition) is 8. The summed E-state index contributed by atoms with van der Waals surface area (Å²) in [6.07, 6.45) is 3.87. The number of nitrogens with zero attached hydrogens (tertiary/aromatic N) is 4. The van der Waals surface area contributed by atoms with Crippen LogP contribution in [0.25, 0.3) is 20.9 Å². The number of carbonyl (C=O) groups excluding carboxylic acids is 1. The molecule has 4 aromatic rings. The molecule has 3 aromatic heterocycles. The van der Waals surface area contributed by atoms with Crippen molar-refractivity contribution in [3.05, 3.63) is 47.7 Å². The van der Waals surface area contributed by atoms with Crippen LogP contribution in [0.1, 0.15) is 24.0 Å². The third-order valence-corrected chi connectivity index (χ3v) is 7.76. The van der Waals surface area contributed by atoms with Crippen LogP contribution in [0.2, 0.25) is 0 Å². The number of thiophene rings is 1. The molecule has 4 heterocycles. The standard InChI is InChI=1S/C24H26N6O2S2/c1-14-9-15(2)11-16(10-14)27-19(31)13-33-24-29-28-22(30(24)12-17-5-4-8-32-17)21-20(25)18-6-3-7-26-23(18)34-21/h3,6-7,9-11,17H,4-5,8,12-13,25H2,1-2H3,(H,27,31). The molecule has 8 nitrogen and oxygen atoms in total. The first-order valence-corrected chi connectivity index (χ1v) is 13.0. The maximum atomic E-state index is 12.7. The van der Waals surface area contributed by atoms with Gasteiger partial charge in [0, 0.05) is 23.9 Å². The lowest BCUT2D eigenvalue weighted by molar-refractivity contribution is -0.113. The van der Waals surface area contributed by atoms with Crippen molar-refractivity contribution in [2.75, 3.05) is 23.4 Å². The lowest BCUT2D eigenvalue weighted by atomic mass is 10.1. The number of hydrogen-bond donors (Lipinski definition) is 2. The molecule has 0 saturated carbocycles. The minimum absolute atomic E-state index is 0.0891. The number of thioether (sulfide) groups is 1. The fourth-order valence-electron chi connectivity index (χ4n) is 4.21. The van der Waals surface area contributed by atoms with Gasteiger partial charge in [0.15, 0.2) is 11.0 Å². The van der Waals surface area contributed by atoms with E-state index >= 15 is 0 Å². The first-order chi connectivity index (χ1) is 16.5.